The first-order valence-electron chi connectivity index (χ1n) is 6.81. The van der Waals surface area contributed by atoms with E-state index in [-0.39, 0.29) is 5.82 Å². The molecule has 0 aliphatic heterocycles. The molecule has 3 heteroatoms. The molecule has 2 aromatic rings. The SMILES string of the molecule is Cc1cc(Sc2ccccc2F)ccc1CNC(C)C. The lowest BCUT2D eigenvalue weighted by Crippen LogP contribution is -2.22. The van der Waals surface area contributed by atoms with Crippen LogP contribution >= 0.6 is 11.8 Å². The van der Waals surface area contributed by atoms with Gasteiger partial charge in [0.15, 0.2) is 0 Å². The molecule has 0 heterocycles. The van der Waals surface area contributed by atoms with Gasteiger partial charge in [-0.25, -0.2) is 4.39 Å². The summed E-state index contributed by atoms with van der Waals surface area (Å²) in [6.07, 6.45) is 0. The minimum Gasteiger partial charge on any atom is -0.310 e. The van der Waals surface area contributed by atoms with Crippen LogP contribution in [-0.4, -0.2) is 6.04 Å². The van der Waals surface area contributed by atoms with Crippen LogP contribution in [-0.2, 0) is 6.54 Å². The number of rotatable bonds is 5. The van der Waals surface area contributed by atoms with Crippen molar-refractivity contribution < 1.29 is 4.39 Å². The Morgan fingerprint density at radius 2 is 1.90 bits per heavy atom. The van der Waals surface area contributed by atoms with E-state index in [1.807, 2.05) is 12.1 Å². The molecule has 0 radical (unpaired) electrons. The van der Waals surface area contributed by atoms with E-state index in [1.54, 1.807) is 6.07 Å². The van der Waals surface area contributed by atoms with Gasteiger partial charge in [-0.05, 0) is 42.3 Å². The molecule has 2 rings (SSSR count). The van der Waals surface area contributed by atoms with Crippen LogP contribution in [0.15, 0.2) is 52.3 Å². The Balaban J connectivity index is 2.11. The van der Waals surface area contributed by atoms with Gasteiger partial charge in [0.1, 0.15) is 5.82 Å². The Bertz CT molecular complexity index is 581. The van der Waals surface area contributed by atoms with E-state index < -0.39 is 0 Å². The van der Waals surface area contributed by atoms with Crippen LogP contribution in [0.4, 0.5) is 4.39 Å². The van der Waals surface area contributed by atoms with Crippen molar-refractivity contribution in [2.24, 2.45) is 0 Å². The molecule has 0 saturated carbocycles. The number of hydrogen-bond acceptors (Lipinski definition) is 2. The standard InChI is InChI=1S/C17H20FNS/c1-12(2)19-11-14-8-9-15(10-13(14)3)20-17-7-5-4-6-16(17)18/h4-10,12,19H,11H2,1-3H3. The van der Waals surface area contributed by atoms with Crippen molar-refractivity contribution in [2.45, 2.75) is 43.1 Å². The predicted octanol–water partition coefficient (Wildman–Crippen LogP) is 4.78. The fourth-order valence-electron chi connectivity index (χ4n) is 1.90. The van der Waals surface area contributed by atoms with Gasteiger partial charge < -0.3 is 5.32 Å². The van der Waals surface area contributed by atoms with Gasteiger partial charge in [0, 0.05) is 22.4 Å². The summed E-state index contributed by atoms with van der Waals surface area (Å²) < 4.78 is 13.6. The summed E-state index contributed by atoms with van der Waals surface area (Å²) in [6.45, 7) is 7.24. The van der Waals surface area contributed by atoms with Crippen molar-refractivity contribution in [1.82, 2.24) is 5.32 Å². The van der Waals surface area contributed by atoms with Gasteiger partial charge in [-0.1, -0.05) is 43.8 Å². The van der Waals surface area contributed by atoms with Crippen LogP contribution in [0.5, 0.6) is 0 Å². The average molecular weight is 289 g/mol. The van der Waals surface area contributed by atoms with Gasteiger partial charge in [0.2, 0.25) is 0 Å². The second-order valence-corrected chi connectivity index (χ2v) is 6.27. The summed E-state index contributed by atoms with van der Waals surface area (Å²) in [6, 6.07) is 13.6. The molecule has 0 aliphatic rings. The molecule has 0 bridgehead atoms. The highest BCUT2D eigenvalue weighted by molar-refractivity contribution is 7.99. The van der Waals surface area contributed by atoms with E-state index in [2.05, 4.69) is 44.3 Å². The van der Waals surface area contributed by atoms with E-state index >= 15 is 0 Å². The predicted molar refractivity (Wildman–Crippen MR) is 83.7 cm³/mol. The normalized spacial score (nSPS) is 11.1. The van der Waals surface area contributed by atoms with E-state index in [0.29, 0.717) is 10.9 Å². The molecule has 0 aliphatic carbocycles. The van der Waals surface area contributed by atoms with E-state index in [4.69, 9.17) is 0 Å². The van der Waals surface area contributed by atoms with Crippen molar-refractivity contribution in [3.63, 3.8) is 0 Å². The molecule has 1 nitrogen and oxygen atoms in total. The molecule has 0 unspecified atom stereocenters. The Morgan fingerprint density at radius 1 is 1.15 bits per heavy atom. The summed E-state index contributed by atoms with van der Waals surface area (Å²) in [5.74, 6) is -0.166. The lowest BCUT2D eigenvalue weighted by atomic mass is 10.1. The summed E-state index contributed by atoms with van der Waals surface area (Å²) in [5.41, 5.74) is 2.52. The molecule has 0 amide bonds. The second kappa shape index (κ2) is 6.91. The Labute approximate surface area is 124 Å². The first kappa shape index (κ1) is 15.1. The van der Waals surface area contributed by atoms with Crippen LogP contribution in [0.1, 0.15) is 25.0 Å². The monoisotopic (exact) mass is 289 g/mol. The summed E-state index contributed by atoms with van der Waals surface area (Å²) in [7, 11) is 0. The third kappa shape index (κ3) is 4.09. The first-order valence-corrected chi connectivity index (χ1v) is 7.63. The van der Waals surface area contributed by atoms with Gasteiger partial charge in [-0.15, -0.1) is 0 Å². The quantitative estimate of drug-likeness (QED) is 0.850. The lowest BCUT2D eigenvalue weighted by Gasteiger charge is -2.12. The zero-order valence-electron chi connectivity index (χ0n) is 12.1. The summed E-state index contributed by atoms with van der Waals surface area (Å²) in [5, 5.41) is 3.41. The van der Waals surface area contributed by atoms with E-state index in [1.165, 1.54) is 29.0 Å². The molecule has 0 atom stereocenters. The van der Waals surface area contributed by atoms with Crippen molar-refractivity contribution in [3.05, 3.63) is 59.4 Å². The molecular weight excluding hydrogens is 269 g/mol. The Kier molecular flexibility index (Phi) is 5.21. The molecule has 0 fully saturated rings. The molecular formula is C17H20FNS. The van der Waals surface area contributed by atoms with Crippen molar-refractivity contribution >= 4 is 11.8 Å². The third-order valence-electron chi connectivity index (χ3n) is 3.08. The second-order valence-electron chi connectivity index (χ2n) is 5.16. The maximum absolute atomic E-state index is 13.6. The molecule has 2 aromatic carbocycles. The van der Waals surface area contributed by atoms with Crippen LogP contribution in [0.25, 0.3) is 0 Å². The van der Waals surface area contributed by atoms with E-state index in [0.717, 1.165) is 11.4 Å². The zero-order valence-corrected chi connectivity index (χ0v) is 12.9. The maximum atomic E-state index is 13.6. The fourth-order valence-corrected chi connectivity index (χ4v) is 2.84. The fraction of sp³-hybridized carbons (Fsp3) is 0.294. The highest BCUT2D eigenvalue weighted by atomic mass is 32.2. The molecule has 0 aromatic heterocycles. The third-order valence-corrected chi connectivity index (χ3v) is 4.12. The van der Waals surface area contributed by atoms with Crippen molar-refractivity contribution in [1.29, 1.82) is 0 Å². The minimum atomic E-state index is -0.166. The van der Waals surface area contributed by atoms with Crippen LogP contribution in [0.3, 0.4) is 0 Å². The van der Waals surface area contributed by atoms with Crippen molar-refractivity contribution in [3.8, 4) is 0 Å². The topological polar surface area (TPSA) is 12.0 Å². The molecule has 0 spiro atoms. The Morgan fingerprint density at radius 3 is 2.55 bits per heavy atom. The van der Waals surface area contributed by atoms with Crippen molar-refractivity contribution in [2.75, 3.05) is 0 Å². The number of nitrogens with one attached hydrogen (secondary N) is 1. The van der Waals surface area contributed by atoms with Gasteiger partial charge in [-0.3, -0.25) is 0 Å². The van der Waals surface area contributed by atoms with Gasteiger partial charge >= 0.3 is 0 Å². The number of aryl methyl sites for hydroxylation is 1. The van der Waals surface area contributed by atoms with Crippen LogP contribution in [0, 0.1) is 12.7 Å². The van der Waals surface area contributed by atoms with Gasteiger partial charge in [0.25, 0.3) is 0 Å². The highest BCUT2D eigenvalue weighted by Crippen LogP contribution is 2.30. The average Bonchev–Trinajstić information content (AvgIpc) is 2.40. The number of hydrogen-bond donors (Lipinski definition) is 1. The van der Waals surface area contributed by atoms with E-state index in [9.17, 15) is 4.39 Å². The van der Waals surface area contributed by atoms with Gasteiger partial charge in [0.05, 0.1) is 0 Å². The highest BCUT2D eigenvalue weighted by Gasteiger charge is 2.05. The summed E-state index contributed by atoms with van der Waals surface area (Å²) in [4.78, 5) is 1.74. The van der Waals surface area contributed by atoms with Gasteiger partial charge in [-0.2, -0.15) is 0 Å². The smallest absolute Gasteiger partial charge is 0.137 e. The summed E-state index contributed by atoms with van der Waals surface area (Å²) >= 11 is 1.47. The zero-order chi connectivity index (χ0) is 14.5. The molecule has 20 heavy (non-hydrogen) atoms. The molecule has 106 valence electrons. The Hall–Kier alpha value is -1.32. The maximum Gasteiger partial charge on any atom is 0.137 e. The number of benzene rings is 2. The first-order chi connectivity index (χ1) is 9.56. The van der Waals surface area contributed by atoms with Crippen LogP contribution in [0.2, 0.25) is 0 Å². The van der Waals surface area contributed by atoms with Crippen LogP contribution < -0.4 is 5.32 Å². The molecule has 0 saturated heterocycles. The lowest BCUT2D eigenvalue weighted by molar-refractivity contribution is 0.587. The number of halogens is 1. The minimum absolute atomic E-state index is 0.166. The largest absolute Gasteiger partial charge is 0.310 e. The molecule has 1 N–H and O–H groups in total.